The van der Waals surface area contributed by atoms with Gasteiger partial charge in [-0.25, -0.2) is 0 Å². The molecule has 0 aliphatic carbocycles. The largest absolute Gasteiger partial charge is 0.756 e. The van der Waals surface area contributed by atoms with Gasteiger partial charge in [-0.15, -0.1) is 0 Å². The van der Waals surface area contributed by atoms with Crippen molar-refractivity contribution in [2.75, 3.05) is 40.9 Å². The summed E-state index contributed by atoms with van der Waals surface area (Å²) in [6.07, 6.45) is 60.1. The van der Waals surface area contributed by atoms with Crippen molar-refractivity contribution in [1.82, 2.24) is 5.32 Å². The smallest absolute Gasteiger partial charge is 0.268 e. The monoisotopic (exact) mass is 855 g/mol. The number of quaternary nitrogens is 1. The minimum atomic E-state index is -4.60. The highest BCUT2D eigenvalue weighted by Gasteiger charge is 2.23. The van der Waals surface area contributed by atoms with Crippen LogP contribution in [0.2, 0.25) is 0 Å². The Balaban J connectivity index is 4.30. The summed E-state index contributed by atoms with van der Waals surface area (Å²) in [6.45, 7) is 4.44. The van der Waals surface area contributed by atoms with Crippen molar-refractivity contribution in [2.24, 2.45) is 0 Å². The second kappa shape index (κ2) is 41.5. The molecule has 1 amide bonds. The number of amides is 1. The zero-order valence-corrected chi connectivity index (χ0v) is 39.5. The average Bonchev–Trinajstić information content (AvgIpc) is 3.20. The van der Waals surface area contributed by atoms with Crippen LogP contribution in [0.15, 0.2) is 109 Å². The Morgan fingerprint density at radius 3 is 1.48 bits per heavy atom. The molecule has 0 saturated carbocycles. The van der Waals surface area contributed by atoms with Gasteiger partial charge in [0.15, 0.2) is 0 Å². The van der Waals surface area contributed by atoms with Crippen molar-refractivity contribution in [3.63, 3.8) is 0 Å². The summed E-state index contributed by atoms with van der Waals surface area (Å²) in [5.74, 6) is -0.231. The van der Waals surface area contributed by atoms with Crippen molar-refractivity contribution in [1.29, 1.82) is 0 Å². The van der Waals surface area contributed by atoms with Crippen LogP contribution in [0.1, 0.15) is 155 Å². The summed E-state index contributed by atoms with van der Waals surface area (Å²) in [4.78, 5) is 25.2. The lowest BCUT2D eigenvalue weighted by Gasteiger charge is -2.29. The van der Waals surface area contributed by atoms with Gasteiger partial charge in [-0.05, 0) is 83.5 Å². The highest BCUT2D eigenvalue weighted by atomic mass is 31.2. The molecular weight excluding hydrogens is 768 g/mol. The van der Waals surface area contributed by atoms with E-state index in [4.69, 9.17) is 9.05 Å². The number of carbonyl (C=O) groups is 1. The van der Waals surface area contributed by atoms with Gasteiger partial charge in [-0.1, -0.05) is 175 Å². The first-order chi connectivity index (χ1) is 29.0. The second-order valence-corrected chi connectivity index (χ2v) is 17.8. The molecule has 2 N–H and O–H groups in total. The van der Waals surface area contributed by atoms with Crippen molar-refractivity contribution in [3.8, 4) is 0 Å². The number of allylic oxidation sites excluding steroid dienone is 17. The number of unbranched alkanes of at least 4 members (excludes halogenated alkanes) is 11. The Labute approximate surface area is 368 Å². The Morgan fingerprint density at radius 1 is 0.600 bits per heavy atom. The SMILES string of the molecule is CC/C=C\C/C=C\C/C=C\C/C=C\C/C=C\C/C=C\C/C=C\C/C=C\CCCCCCC(=O)NC(COP(=O)([O-])OCC[N+](C)(C)C)C(O)/C=C/CCCCCCCCC. The van der Waals surface area contributed by atoms with E-state index in [1.807, 2.05) is 27.2 Å². The number of likely N-dealkylation sites (N-methyl/N-ethyl adjacent to an activating group) is 1. The molecule has 0 fully saturated rings. The van der Waals surface area contributed by atoms with Gasteiger partial charge >= 0.3 is 0 Å². The van der Waals surface area contributed by atoms with E-state index in [0.29, 0.717) is 17.4 Å². The Kier molecular flexibility index (Phi) is 39.5. The molecule has 60 heavy (non-hydrogen) atoms. The summed E-state index contributed by atoms with van der Waals surface area (Å²) in [6, 6.07) is -0.906. The van der Waals surface area contributed by atoms with Gasteiger partial charge in [0.2, 0.25) is 5.91 Å². The lowest BCUT2D eigenvalue weighted by Crippen LogP contribution is -2.45. The third-order valence-electron chi connectivity index (χ3n) is 9.49. The molecule has 0 aromatic heterocycles. The van der Waals surface area contributed by atoms with Crippen LogP contribution in [0.5, 0.6) is 0 Å². The molecule has 0 saturated heterocycles. The van der Waals surface area contributed by atoms with Crippen LogP contribution in [0.3, 0.4) is 0 Å². The number of aliphatic hydroxyl groups is 1. The van der Waals surface area contributed by atoms with Crippen LogP contribution in [-0.2, 0) is 18.4 Å². The predicted molar refractivity (Wildman–Crippen MR) is 256 cm³/mol. The predicted octanol–water partition coefficient (Wildman–Crippen LogP) is 12.7. The molecule has 0 aliphatic rings. The standard InChI is InChI=1S/C51H87N2O6P/c1-6-8-10-12-14-16-17-18-19-20-21-22-23-24-25-26-27-28-29-30-31-32-33-34-35-37-39-41-43-45-51(55)52-49(48-59-60(56,57)58-47-46-53(3,4)5)50(54)44-42-40-38-36-15-13-11-9-7-2/h8,10,14,16,18-19,21-22,24-25,27-28,30-31,33-34,42,44,49-50,54H,6-7,9,11-13,15,17,20,23,26,29,32,35-41,43,45-48H2,1-5H3,(H-,52,55,56,57)/b10-8-,16-14-,19-18-,22-21-,25-24-,28-27-,31-30-,34-33-,44-42+. The van der Waals surface area contributed by atoms with Crippen LogP contribution in [0.4, 0.5) is 0 Å². The van der Waals surface area contributed by atoms with Gasteiger partial charge in [0.05, 0.1) is 39.9 Å². The minimum absolute atomic E-state index is 0.0131. The zero-order valence-electron chi connectivity index (χ0n) is 38.6. The maximum absolute atomic E-state index is 12.8. The molecule has 0 heterocycles. The maximum atomic E-state index is 12.8. The van der Waals surface area contributed by atoms with Crippen molar-refractivity contribution < 1.29 is 32.9 Å². The third-order valence-corrected chi connectivity index (χ3v) is 10.5. The summed E-state index contributed by atoms with van der Waals surface area (Å²) in [5, 5.41) is 13.7. The molecule has 8 nitrogen and oxygen atoms in total. The quantitative estimate of drug-likeness (QED) is 0.0275. The maximum Gasteiger partial charge on any atom is 0.268 e. The number of phosphoric acid groups is 1. The molecule has 0 bridgehead atoms. The number of aliphatic hydroxyl groups excluding tert-OH is 1. The number of carbonyl (C=O) groups excluding carboxylic acids is 1. The van der Waals surface area contributed by atoms with E-state index in [1.54, 1.807) is 6.08 Å². The van der Waals surface area contributed by atoms with Crippen molar-refractivity contribution >= 4 is 13.7 Å². The normalized spacial score (nSPS) is 15.2. The summed E-state index contributed by atoms with van der Waals surface area (Å²) in [5.41, 5.74) is 0. The van der Waals surface area contributed by atoms with E-state index in [0.717, 1.165) is 103 Å². The van der Waals surface area contributed by atoms with Gasteiger partial charge in [-0.3, -0.25) is 9.36 Å². The Bertz CT molecular complexity index is 1340. The van der Waals surface area contributed by atoms with E-state index < -0.39 is 26.6 Å². The molecule has 3 atom stereocenters. The highest BCUT2D eigenvalue weighted by molar-refractivity contribution is 7.45. The van der Waals surface area contributed by atoms with E-state index in [1.165, 1.54) is 32.1 Å². The van der Waals surface area contributed by atoms with Gasteiger partial charge in [0.25, 0.3) is 7.82 Å². The van der Waals surface area contributed by atoms with Gasteiger partial charge in [0, 0.05) is 6.42 Å². The third kappa shape index (κ3) is 43.3. The van der Waals surface area contributed by atoms with Crippen molar-refractivity contribution in [3.05, 3.63) is 109 Å². The van der Waals surface area contributed by atoms with Crippen LogP contribution in [0, 0.1) is 0 Å². The molecule has 0 aliphatic heterocycles. The van der Waals surface area contributed by atoms with E-state index in [9.17, 15) is 19.4 Å². The first kappa shape index (κ1) is 57.2. The van der Waals surface area contributed by atoms with Gasteiger partial charge in [-0.2, -0.15) is 0 Å². The lowest BCUT2D eigenvalue weighted by atomic mass is 10.1. The fourth-order valence-corrected chi connectivity index (χ4v) is 6.53. The lowest BCUT2D eigenvalue weighted by molar-refractivity contribution is -0.870. The van der Waals surface area contributed by atoms with E-state index in [2.05, 4.69) is 116 Å². The van der Waals surface area contributed by atoms with E-state index >= 15 is 0 Å². The van der Waals surface area contributed by atoms with Gasteiger partial charge < -0.3 is 28.8 Å². The average molecular weight is 855 g/mol. The molecule has 0 spiro atoms. The van der Waals surface area contributed by atoms with Crippen LogP contribution < -0.4 is 10.2 Å². The van der Waals surface area contributed by atoms with Crippen LogP contribution >= 0.6 is 7.82 Å². The van der Waals surface area contributed by atoms with Crippen molar-refractivity contribution in [2.45, 2.75) is 167 Å². The summed E-state index contributed by atoms with van der Waals surface area (Å²) in [7, 11) is 1.22. The zero-order chi connectivity index (χ0) is 44.3. The number of nitrogens with zero attached hydrogens (tertiary/aromatic N) is 1. The summed E-state index contributed by atoms with van der Waals surface area (Å²) < 4.78 is 23.1. The minimum Gasteiger partial charge on any atom is -0.756 e. The first-order valence-electron chi connectivity index (χ1n) is 23.2. The molecular formula is C51H87N2O6P. The fraction of sp³-hybridized carbons (Fsp3) is 0.627. The molecule has 0 aromatic rings. The first-order valence-corrected chi connectivity index (χ1v) is 24.7. The Morgan fingerprint density at radius 2 is 1.02 bits per heavy atom. The summed E-state index contributed by atoms with van der Waals surface area (Å²) >= 11 is 0. The molecule has 0 aromatic carbocycles. The molecule has 0 radical (unpaired) electrons. The number of rotatable bonds is 40. The van der Waals surface area contributed by atoms with Crippen LogP contribution in [-0.4, -0.2) is 68.5 Å². The molecule has 0 rings (SSSR count). The van der Waals surface area contributed by atoms with Gasteiger partial charge in [0.1, 0.15) is 13.2 Å². The topological polar surface area (TPSA) is 108 Å². The molecule has 3 unspecified atom stereocenters. The number of nitrogens with one attached hydrogen (secondary N) is 1. The fourth-order valence-electron chi connectivity index (χ4n) is 5.81. The highest BCUT2D eigenvalue weighted by Crippen LogP contribution is 2.38. The number of hydrogen-bond acceptors (Lipinski definition) is 6. The van der Waals surface area contributed by atoms with Crippen LogP contribution in [0.25, 0.3) is 0 Å². The second-order valence-electron chi connectivity index (χ2n) is 16.4. The molecule has 342 valence electrons. The van der Waals surface area contributed by atoms with E-state index in [-0.39, 0.29) is 12.5 Å². The molecule has 9 heteroatoms. The number of phosphoric ester groups is 1. The Hall–Kier alpha value is -2.84. The number of hydrogen-bond donors (Lipinski definition) is 2.